The molecule has 0 radical (unpaired) electrons. The summed E-state index contributed by atoms with van der Waals surface area (Å²) in [7, 11) is 0. The van der Waals surface area contributed by atoms with Gasteiger partial charge in [-0.3, -0.25) is 4.79 Å². The molecule has 1 amide bonds. The molecule has 33 heavy (non-hydrogen) atoms. The lowest BCUT2D eigenvalue weighted by atomic mass is 10.1. The van der Waals surface area contributed by atoms with Crippen LogP contribution >= 0.6 is 11.6 Å². The minimum absolute atomic E-state index is 0.0219. The maximum Gasteiger partial charge on any atom is 0.254 e. The summed E-state index contributed by atoms with van der Waals surface area (Å²) < 4.78 is 1.88. The van der Waals surface area contributed by atoms with E-state index in [2.05, 4.69) is 29.9 Å². The molecule has 3 heterocycles. The number of halogens is 1. The Hall–Kier alpha value is -3.38. The van der Waals surface area contributed by atoms with Crippen molar-refractivity contribution in [3.05, 3.63) is 77.4 Å². The van der Waals surface area contributed by atoms with Gasteiger partial charge in [0.15, 0.2) is 5.65 Å². The molecule has 168 valence electrons. The number of hydrogen-bond acceptors (Lipinski definition) is 4. The van der Waals surface area contributed by atoms with Gasteiger partial charge in [0.2, 0.25) is 0 Å². The number of anilines is 1. The first-order chi connectivity index (χ1) is 16.0. The van der Waals surface area contributed by atoms with Gasteiger partial charge in [0.1, 0.15) is 0 Å². The molecular formula is C26H26ClN5O. The highest BCUT2D eigenvalue weighted by atomic mass is 35.5. The lowest BCUT2D eigenvalue weighted by Gasteiger charge is -2.36. The maximum atomic E-state index is 13.7. The SMILES string of the molecule is CC(C)n1ncc2c(C(=O)N3CCN(c4cccc(Cl)c4)CC3)cc(-c3ccccc3)nc21. The van der Waals surface area contributed by atoms with Crippen LogP contribution in [0.3, 0.4) is 0 Å². The molecular weight excluding hydrogens is 434 g/mol. The number of carbonyl (C=O) groups excluding carboxylic acids is 1. The largest absolute Gasteiger partial charge is 0.368 e. The van der Waals surface area contributed by atoms with E-state index in [0.29, 0.717) is 18.7 Å². The first-order valence-electron chi connectivity index (χ1n) is 11.2. The van der Waals surface area contributed by atoms with Crippen LogP contribution in [-0.2, 0) is 0 Å². The predicted octanol–water partition coefficient (Wildman–Crippen LogP) is 5.30. The second-order valence-electron chi connectivity index (χ2n) is 8.60. The number of pyridine rings is 1. The van der Waals surface area contributed by atoms with Crippen molar-refractivity contribution >= 4 is 34.2 Å². The summed E-state index contributed by atoms with van der Waals surface area (Å²) in [4.78, 5) is 22.8. The Balaban J connectivity index is 1.47. The number of piperazine rings is 1. The van der Waals surface area contributed by atoms with Gasteiger partial charge in [-0.15, -0.1) is 0 Å². The standard InChI is InChI=1S/C26H26ClN5O/c1-18(2)32-25-23(17-28-32)22(16-24(29-25)19-7-4-3-5-8-19)26(33)31-13-11-30(12-14-31)21-10-6-9-20(27)15-21/h3-10,15-18H,11-14H2,1-2H3. The van der Waals surface area contributed by atoms with Crippen LogP contribution in [0, 0.1) is 0 Å². The Morgan fingerprint density at radius 3 is 2.42 bits per heavy atom. The highest BCUT2D eigenvalue weighted by Gasteiger charge is 2.26. The fraction of sp³-hybridized carbons (Fsp3) is 0.269. The van der Waals surface area contributed by atoms with Crippen molar-refractivity contribution in [1.82, 2.24) is 19.7 Å². The van der Waals surface area contributed by atoms with E-state index in [-0.39, 0.29) is 11.9 Å². The first-order valence-corrected chi connectivity index (χ1v) is 11.6. The third kappa shape index (κ3) is 4.18. The number of fused-ring (bicyclic) bond motifs is 1. The molecule has 2 aromatic heterocycles. The monoisotopic (exact) mass is 459 g/mol. The van der Waals surface area contributed by atoms with E-state index in [9.17, 15) is 4.79 Å². The molecule has 0 aliphatic carbocycles. The molecule has 0 unspecified atom stereocenters. The number of aromatic nitrogens is 3. The number of hydrogen-bond donors (Lipinski definition) is 0. The molecule has 7 heteroatoms. The average molecular weight is 460 g/mol. The fourth-order valence-electron chi connectivity index (χ4n) is 4.34. The van der Waals surface area contributed by atoms with Crippen LogP contribution in [0.5, 0.6) is 0 Å². The van der Waals surface area contributed by atoms with E-state index >= 15 is 0 Å². The van der Waals surface area contributed by atoms with Crippen LogP contribution < -0.4 is 4.90 Å². The summed E-state index contributed by atoms with van der Waals surface area (Å²) >= 11 is 6.16. The van der Waals surface area contributed by atoms with Gasteiger partial charge in [-0.25, -0.2) is 9.67 Å². The molecule has 1 saturated heterocycles. The van der Waals surface area contributed by atoms with Gasteiger partial charge in [-0.2, -0.15) is 5.10 Å². The van der Waals surface area contributed by atoms with Crippen LogP contribution in [-0.4, -0.2) is 51.8 Å². The van der Waals surface area contributed by atoms with Gasteiger partial charge in [0, 0.05) is 48.5 Å². The quantitative estimate of drug-likeness (QED) is 0.416. The summed E-state index contributed by atoms with van der Waals surface area (Å²) in [5.41, 5.74) is 4.25. The number of carbonyl (C=O) groups is 1. The van der Waals surface area contributed by atoms with Crippen LogP contribution in [0.25, 0.3) is 22.3 Å². The molecule has 1 aliphatic rings. The van der Waals surface area contributed by atoms with E-state index in [1.165, 1.54) is 0 Å². The lowest BCUT2D eigenvalue weighted by Crippen LogP contribution is -2.48. The van der Waals surface area contributed by atoms with E-state index in [1.807, 2.05) is 64.2 Å². The molecule has 6 nitrogen and oxygen atoms in total. The van der Waals surface area contributed by atoms with Crippen LogP contribution in [0.4, 0.5) is 5.69 Å². The molecule has 1 aliphatic heterocycles. The topological polar surface area (TPSA) is 54.3 Å². The Morgan fingerprint density at radius 1 is 0.970 bits per heavy atom. The third-order valence-electron chi connectivity index (χ3n) is 6.10. The molecule has 0 spiro atoms. The third-order valence-corrected chi connectivity index (χ3v) is 6.33. The highest BCUT2D eigenvalue weighted by Crippen LogP contribution is 2.28. The van der Waals surface area contributed by atoms with Crippen molar-refractivity contribution in [2.24, 2.45) is 0 Å². The molecule has 0 saturated carbocycles. The highest BCUT2D eigenvalue weighted by molar-refractivity contribution is 6.30. The van der Waals surface area contributed by atoms with E-state index in [1.54, 1.807) is 6.20 Å². The van der Waals surface area contributed by atoms with Gasteiger partial charge in [0.05, 0.1) is 22.8 Å². The van der Waals surface area contributed by atoms with Gasteiger partial charge < -0.3 is 9.80 Å². The Kier molecular flexibility index (Phi) is 5.77. The van der Waals surface area contributed by atoms with E-state index in [0.717, 1.165) is 46.1 Å². The van der Waals surface area contributed by atoms with E-state index < -0.39 is 0 Å². The summed E-state index contributed by atoms with van der Waals surface area (Å²) in [5, 5.41) is 6.06. The number of amides is 1. The molecule has 0 atom stereocenters. The van der Waals surface area contributed by atoms with E-state index in [4.69, 9.17) is 16.6 Å². The summed E-state index contributed by atoms with van der Waals surface area (Å²) in [6, 6.07) is 19.9. The smallest absolute Gasteiger partial charge is 0.254 e. The second-order valence-corrected chi connectivity index (χ2v) is 9.04. The minimum atomic E-state index is 0.0219. The maximum absolute atomic E-state index is 13.7. The van der Waals surface area contributed by atoms with Gasteiger partial charge in [-0.1, -0.05) is 48.0 Å². The van der Waals surface area contributed by atoms with Crippen molar-refractivity contribution in [2.45, 2.75) is 19.9 Å². The fourth-order valence-corrected chi connectivity index (χ4v) is 4.53. The number of rotatable bonds is 4. The van der Waals surface area contributed by atoms with Gasteiger partial charge >= 0.3 is 0 Å². The first kappa shape index (κ1) is 21.5. The summed E-state index contributed by atoms with van der Waals surface area (Å²) in [6.07, 6.45) is 1.77. The van der Waals surface area contributed by atoms with Crippen LogP contribution in [0.15, 0.2) is 66.9 Å². The zero-order valence-corrected chi connectivity index (χ0v) is 19.5. The normalized spacial score (nSPS) is 14.3. The molecule has 0 N–H and O–H groups in total. The predicted molar refractivity (Wildman–Crippen MR) is 133 cm³/mol. The number of benzene rings is 2. The molecule has 5 rings (SSSR count). The summed E-state index contributed by atoms with van der Waals surface area (Å²) in [6.45, 7) is 6.95. The van der Waals surface area contributed by atoms with Crippen molar-refractivity contribution in [2.75, 3.05) is 31.1 Å². The van der Waals surface area contributed by atoms with Crippen molar-refractivity contribution < 1.29 is 4.79 Å². The average Bonchev–Trinajstić information content (AvgIpc) is 3.28. The zero-order chi connectivity index (χ0) is 22.9. The number of nitrogens with zero attached hydrogens (tertiary/aromatic N) is 5. The molecule has 0 bridgehead atoms. The van der Waals surface area contributed by atoms with Gasteiger partial charge in [0.25, 0.3) is 5.91 Å². The minimum Gasteiger partial charge on any atom is -0.368 e. The Morgan fingerprint density at radius 2 is 1.73 bits per heavy atom. The molecule has 2 aromatic carbocycles. The van der Waals surface area contributed by atoms with Crippen molar-refractivity contribution in [3.63, 3.8) is 0 Å². The van der Waals surface area contributed by atoms with Crippen LogP contribution in [0.2, 0.25) is 5.02 Å². The Bertz CT molecular complexity index is 1290. The lowest BCUT2D eigenvalue weighted by molar-refractivity contribution is 0.0748. The van der Waals surface area contributed by atoms with Crippen molar-refractivity contribution in [3.8, 4) is 11.3 Å². The van der Waals surface area contributed by atoms with Gasteiger partial charge in [-0.05, 0) is 38.1 Å². The van der Waals surface area contributed by atoms with Crippen molar-refractivity contribution in [1.29, 1.82) is 0 Å². The van der Waals surface area contributed by atoms with Crippen LogP contribution in [0.1, 0.15) is 30.2 Å². The molecule has 4 aromatic rings. The zero-order valence-electron chi connectivity index (χ0n) is 18.8. The second kappa shape index (κ2) is 8.87. The summed E-state index contributed by atoms with van der Waals surface area (Å²) in [5.74, 6) is 0.0219. The Labute approximate surface area is 198 Å². The molecule has 1 fully saturated rings.